The summed E-state index contributed by atoms with van der Waals surface area (Å²) in [5.74, 6) is -0.318. The molecule has 1 aliphatic carbocycles. The molecule has 1 amide bonds. The number of benzene rings is 1. The molecule has 10 nitrogen and oxygen atoms in total. The topological polar surface area (TPSA) is 111 Å². The molecule has 2 aliphatic rings. The lowest BCUT2D eigenvalue weighted by molar-refractivity contribution is -0.150. The number of anilines is 1. The Morgan fingerprint density at radius 3 is 2.69 bits per heavy atom. The number of carbonyl (C=O) groups excluding carboxylic acids is 2. The highest BCUT2D eigenvalue weighted by Crippen LogP contribution is 2.35. The summed E-state index contributed by atoms with van der Waals surface area (Å²) in [6.07, 6.45) is 7.09. The van der Waals surface area contributed by atoms with Crippen molar-refractivity contribution in [2.45, 2.75) is 77.3 Å². The van der Waals surface area contributed by atoms with Gasteiger partial charge in [0.25, 0.3) is 0 Å². The van der Waals surface area contributed by atoms with Crippen LogP contribution in [-0.2, 0) is 25.7 Å². The first-order valence-corrected chi connectivity index (χ1v) is 14.1. The number of nitrogens with one attached hydrogen (secondary N) is 1. The monoisotopic (exact) mass is 554 g/mol. The van der Waals surface area contributed by atoms with Crippen molar-refractivity contribution < 1.29 is 19.1 Å². The van der Waals surface area contributed by atoms with Gasteiger partial charge in [0.1, 0.15) is 18.9 Å². The van der Waals surface area contributed by atoms with E-state index in [1.165, 1.54) is 0 Å². The third kappa shape index (κ3) is 6.50. The number of halogens is 1. The highest BCUT2D eigenvalue weighted by molar-refractivity contribution is 6.28. The summed E-state index contributed by atoms with van der Waals surface area (Å²) < 4.78 is 13.4. The lowest BCUT2D eigenvalue weighted by atomic mass is 9.99. The molecule has 1 N–H and O–H groups in total. The van der Waals surface area contributed by atoms with Gasteiger partial charge < -0.3 is 19.7 Å². The largest absolute Gasteiger partial charge is 0.459 e. The maximum Gasteiger partial charge on any atom is 0.329 e. The van der Waals surface area contributed by atoms with E-state index in [0.29, 0.717) is 30.0 Å². The lowest BCUT2D eigenvalue weighted by Gasteiger charge is -2.27. The van der Waals surface area contributed by atoms with Gasteiger partial charge in [-0.3, -0.25) is 9.36 Å². The highest BCUT2D eigenvalue weighted by atomic mass is 35.5. The molecule has 11 heteroatoms. The van der Waals surface area contributed by atoms with Gasteiger partial charge >= 0.3 is 5.97 Å². The smallest absolute Gasteiger partial charge is 0.329 e. The van der Waals surface area contributed by atoms with Gasteiger partial charge in [0.2, 0.25) is 11.2 Å². The number of esters is 1. The number of ether oxygens (including phenoxy) is 2. The first-order chi connectivity index (χ1) is 18.9. The number of rotatable bonds is 11. The first-order valence-electron chi connectivity index (χ1n) is 13.7. The normalized spacial score (nSPS) is 18.9. The SMILES string of the molecule is CC[C@H](C)[C@H](NC(=O)CN(c1nc(Cl)nc2c1ncn2C1CCCCO1)C1CC1)C(=O)OCc1ccccc1. The van der Waals surface area contributed by atoms with Crippen molar-refractivity contribution in [3.63, 3.8) is 0 Å². The molecule has 1 saturated heterocycles. The molecular formula is C28H35ClN6O4. The van der Waals surface area contributed by atoms with Gasteiger partial charge in [-0.15, -0.1) is 0 Å². The van der Waals surface area contributed by atoms with Crippen molar-refractivity contribution in [1.29, 1.82) is 0 Å². The van der Waals surface area contributed by atoms with Crippen LogP contribution in [0.5, 0.6) is 0 Å². The molecule has 1 saturated carbocycles. The van der Waals surface area contributed by atoms with Crippen molar-refractivity contribution in [2.24, 2.45) is 5.92 Å². The Labute approximate surface area is 233 Å². The van der Waals surface area contributed by atoms with Gasteiger partial charge in [-0.1, -0.05) is 50.6 Å². The van der Waals surface area contributed by atoms with Gasteiger partial charge in [0.15, 0.2) is 17.0 Å². The standard InChI is InChI=1S/C28H35ClN6O4/c1-3-18(2)23(27(37)39-16-19-9-5-4-6-10-19)31-21(36)15-34(20-12-13-20)25-24-26(33-28(29)32-25)35(17-30-24)22-11-7-8-14-38-22/h4-6,9-10,17-18,20,22-23H,3,7-8,11-16H2,1-2H3,(H,31,36)/t18-,22?,23-/m0/s1. The fourth-order valence-corrected chi connectivity index (χ4v) is 5.01. The minimum Gasteiger partial charge on any atom is -0.459 e. The predicted molar refractivity (Wildman–Crippen MR) is 147 cm³/mol. The van der Waals surface area contributed by atoms with Gasteiger partial charge in [-0.2, -0.15) is 9.97 Å². The number of nitrogens with zero attached hydrogens (tertiary/aromatic N) is 5. The van der Waals surface area contributed by atoms with Crippen molar-refractivity contribution in [1.82, 2.24) is 24.8 Å². The number of aromatic nitrogens is 4. The number of amides is 1. The second-order valence-corrected chi connectivity index (χ2v) is 10.7. The van der Waals surface area contributed by atoms with Crippen molar-refractivity contribution in [2.75, 3.05) is 18.1 Å². The summed E-state index contributed by atoms with van der Waals surface area (Å²) in [5.41, 5.74) is 2.06. The van der Waals surface area contributed by atoms with Gasteiger partial charge in [0, 0.05) is 12.6 Å². The Bertz CT molecular complexity index is 1290. The van der Waals surface area contributed by atoms with Gasteiger partial charge in [0.05, 0.1) is 12.9 Å². The van der Waals surface area contributed by atoms with Crippen LogP contribution in [0, 0.1) is 5.92 Å². The highest BCUT2D eigenvalue weighted by Gasteiger charge is 2.35. The molecule has 0 spiro atoms. The minimum absolute atomic E-state index is 0.0127. The molecule has 3 aromatic rings. The summed E-state index contributed by atoms with van der Waals surface area (Å²) in [7, 11) is 0. The molecular weight excluding hydrogens is 520 g/mol. The molecule has 208 valence electrons. The summed E-state index contributed by atoms with van der Waals surface area (Å²) in [5, 5.41) is 3.02. The van der Waals surface area contributed by atoms with Crippen LogP contribution in [0.4, 0.5) is 5.82 Å². The van der Waals surface area contributed by atoms with Crippen LogP contribution in [0.2, 0.25) is 5.28 Å². The van der Waals surface area contributed by atoms with Crippen LogP contribution in [0.3, 0.4) is 0 Å². The summed E-state index contributed by atoms with van der Waals surface area (Å²) in [6, 6.07) is 8.86. The fourth-order valence-electron chi connectivity index (χ4n) is 4.85. The van der Waals surface area contributed by atoms with E-state index in [-0.39, 0.29) is 42.5 Å². The Balaban J connectivity index is 1.33. The summed E-state index contributed by atoms with van der Waals surface area (Å²) in [6.45, 7) is 4.77. The van der Waals surface area contributed by atoms with Crippen molar-refractivity contribution in [3.8, 4) is 0 Å². The van der Waals surface area contributed by atoms with E-state index >= 15 is 0 Å². The predicted octanol–water partition coefficient (Wildman–Crippen LogP) is 4.42. The average Bonchev–Trinajstić information content (AvgIpc) is 3.72. The molecule has 1 aliphatic heterocycles. The maximum atomic E-state index is 13.4. The third-order valence-corrected chi connectivity index (χ3v) is 7.59. The molecule has 3 heterocycles. The Kier molecular flexibility index (Phi) is 8.62. The van der Waals surface area contributed by atoms with E-state index in [0.717, 1.165) is 37.7 Å². The number of carbonyl (C=O) groups is 2. The number of imidazole rings is 1. The molecule has 0 bridgehead atoms. The van der Waals surface area contributed by atoms with Crippen LogP contribution in [0.1, 0.15) is 64.2 Å². The Morgan fingerprint density at radius 1 is 1.21 bits per heavy atom. The van der Waals surface area contributed by atoms with E-state index in [4.69, 9.17) is 21.1 Å². The van der Waals surface area contributed by atoms with Crippen LogP contribution < -0.4 is 10.2 Å². The van der Waals surface area contributed by atoms with Crippen LogP contribution in [-0.4, -0.2) is 56.6 Å². The van der Waals surface area contributed by atoms with Crippen LogP contribution in [0.25, 0.3) is 11.2 Å². The third-order valence-electron chi connectivity index (χ3n) is 7.42. The molecule has 1 unspecified atom stereocenters. The van der Waals surface area contributed by atoms with Gasteiger partial charge in [-0.05, 0) is 55.2 Å². The summed E-state index contributed by atoms with van der Waals surface area (Å²) >= 11 is 6.38. The zero-order valence-electron chi connectivity index (χ0n) is 22.4. The molecule has 3 atom stereocenters. The zero-order valence-corrected chi connectivity index (χ0v) is 23.1. The molecule has 2 fully saturated rings. The molecule has 1 aromatic carbocycles. The Morgan fingerprint density at radius 2 is 2.00 bits per heavy atom. The second-order valence-electron chi connectivity index (χ2n) is 10.3. The first kappa shape index (κ1) is 27.3. The maximum absolute atomic E-state index is 13.4. The van der Waals surface area contributed by atoms with Crippen LogP contribution >= 0.6 is 11.6 Å². The molecule has 0 radical (unpaired) electrons. The van der Waals surface area contributed by atoms with E-state index < -0.39 is 12.0 Å². The second kappa shape index (κ2) is 12.3. The Hall–Kier alpha value is -3.24. The zero-order chi connectivity index (χ0) is 27.4. The van der Waals surface area contributed by atoms with Crippen molar-refractivity contribution >= 4 is 40.5 Å². The lowest BCUT2D eigenvalue weighted by Crippen LogP contribution is -2.49. The number of fused-ring (bicyclic) bond motifs is 1. The van der Waals surface area contributed by atoms with E-state index in [2.05, 4.69) is 20.3 Å². The number of hydrogen-bond acceptors (Lipinski definition) is 8. The molecule has 5 rings (SSSR count). The van der Waals surface area contributed by atoms with E-state index in [1.807, 2.05) is 53.6 Å². The average molecular weight is 555 g/mol. The summed E-state index contributed by atoms with van der Waals surface area (Å²) in [4.78, 5) is 41.9. The van der Waals surface area contributed by atoms with E-state index in [9.17, 15) is 9.59 Å². The quantitative estimate of drug-likeness (QED) is 0.274. The van der Waals surface area contributed by atoms with Crippen molar-refractivity contribution in [3.05, 3.63) is 47.5 Å². The van der Waals surface area contributed by atoms with Crippen LogP contribution in [0.15, 0.2) is 36.7 Å². The minimum atomic E-state index is -0.760. The fraction of sp³-hybridized carbons (Fsp3) is 0.536. The molecule has 2 aromatic heterocycles. The van der Waals surface area contributed by atoms with E-state index in [1.54, 1.807) is 6.33 Å². The number of hydrogen-bond donors (Lipinski definition) is 1. The van der Waals surface area contributed by atoms with Gasteiger partial charge in [-0.25, -0.2) is 9.78 Å². The molecule has 39 heavy (non-hydrogen) atoms.